The van der Waals surface area contributed by atoms with Gasteiger partial charge in [-0.1, -0.05) is 35.9 Å². The Morgan fingerprint density at radius 2 is 1.97 bits per heavy atom. The quantitative estimate of drug-likeness (QED) is 0.610. The lowest BCUT2D eigenvalue weighted by Crippen LogP contribution is -3.15. The Kier molecular flexibility index (Phi) is 7.38. The summed E-state index contributed by atoms with van der Waals surface area (Å²) in [6, 6.07) is 13.4. The summed E-state index contributed by atoms with van der Waals surface area (Å²) in [6.45, 7) is 11.1. The average Bonchev–Trinajstić information content (AvgIpc) is 3.30. The summed E-state index contributed by atoms with van der Waals surface area (Å²) in [5, 5.41) is 5.36. The monoisotopic (exact) mass is 430 g/mol. The number of nitrogens with one attached hydrogen (secondary N) is 3. The van der Waals surface area contributed by atoms with Crippen LogP contribution in [0.4, 0.5) is 4.79 Å². The van der Waals surface area contributed by atoms with Gasteiger partial charge in [0.15, 0.2) is 0 Å². The van der Waals surface area contributed by atoms with Crippen LogP contribution in [-0.4, -0.2) is 70.0 Å². The number of aryl methyl sites for hydroxylation is 1. The van der Waals surface area contributed by atoms with Gasteiger partial charge in [0.1, 0.15) is 25.7 Å². The second-order valence-electron chi connectivity index (χ2n) is 8.43. The van der Waals surface area contributed by atoms with Crippen molar-refractivity contribution in [1.29, 1.82) is 0 Å². The van der Waals surface area contributed by atoms with Gasteiger partial charge in [-0.05, 0) is 18.4 Å². The molecule has 3 heterocycles. The topological polar surface area (TPSA) is 50.5 Å². The predicted molar refractivity (Wildman–Crippen MR) is 119 cm³/mol. The minimum atomic E-state index is 0.0822. The van der Waals surface area contributed by atoms with Crippen molar-refractivity contribution in [1.82, 2.24) is 10.2 Å². The lowest BCUT2D eigenvalue weighted by molar-refractivity contribution is -0.937. The van der Waals surface area contributed by atoms with Crippen molar-refractivity contribution in [3.05, 3.63) is 57.8 Å². The zero-order valence-corrected chi connectivity index (χ0v) is 18.7. The van der Waals surface area contributed by atoms with Crippen LogP contribution in [-0.2, 0) is 11.3 Å². The van der Waals surface area contributed by atoms with Crippen molar-refractivity contribution in [2.75, 3.05) is 59.0 Å². The first-order valence-electron chi connectivity index (χ1n) is 11.1. The van der Waals surface area contributed by atoms with E-state index in [1.165, 1.54) is 20.9 Å². The Balaban J connectivity index is 1.26. The van der Waals surface area contributed by atoms with E-state index >= 15 is 0 Å². The molecule has 2 aliphatic rings. The molecular weight excluding hydrogens is 396 g/mol. The van der Waals surface area contributed by atoms with Crippen LogP contribution in [0.25, 0.3) is 0 Å². The third kappa shape index (κ3) is 5.60. The number of amides is 2. The lowest BCUT2D eigenvalue weighted by atomic mass is 10.1. The zero-order chi connectivity index (χ0) is 20.8. The van der Waals surface area contributed by atoms with Gasteiger partial charge in [-0.15, -0.1) is 11.3 Å². The smallest absolute Gasteiger partial charge is 0.318 e. The highest BCUT2D eigenvalue weighted by molar-refractivity contribution is 7.10. The molecule has 7 heteroatoms. The Morgan fingerprint density at radius 3 is 2.67 bits per heavy atom. The third-order valence-corrected chi connectivity index (χ3v) is 7.25. The number of quaternary nitrogens is 2. The first kappa shape index (κ1) is 21.3. The molecule has 3 N–H and O–H groups in total. The van der Waals surface area contributed by atoms with E-state index in [9.17, 15) is 4.79 Å². The fourth-order valence-corrected chi connectivity index (χ4v) is 5.42. The van der Waals surface area contributed by atoms with Gasteiger partial charge in [0.2, 0.25) is 0 Å². The highest BCUT2D eigenvalue weighted by atomic mass is 32.1. The van der Waals surface area contributed by atoms with Crippen molar-refractivity contribution >= 4 is 17.4 Å². The van der Waals surface area contributed by atoms with Crippen LogP contribution in [0.2, 0.25) is 0 Å². The standard InChI is InChI=1S/C23H32N4O2S/c1-19-4-2-5-20(16-19)18-25-7-9-27(10-8-25)23(28)24-17-21(22-6-3-15-30-22)26-11-13-29-14-12-26/h2-6,15-16,21H,7-14,17-18H2,1H3,(H,24,28)/p+2/t21-/m1/s1. The number of carbonyl (C=O) groups is 1. The SMILES string of the molecule is Cc1cccc(C[NH+]2CCN(C(=O)NC[C@H](c3cccs3)[NH+]3CCOCC3)CC2)c1. The van der Waals surface area contributed by atoms with Crippen molar-refractivity contribution in [2.24, 2.45) is 0 Å². The molecule has 0 unspecified atom stereocenters. The molecule has 2 saturated heterocycles. The number of hydrogen-bond acceptors (Lipinski definition) is 3. The molecular formula is C23H34N4O2S+2. The van der Waals surface area contributed by atoms with Crippen LogP contribution in [0.1, 0.15) is 22.0 Å². The zero-order valence-electron chi connectivity index (χ0n) is 17.9. The van der Waals surface area contributed by atoms with Gasteiger partial charge in [-0.2, -0.15) is 0 Å². The average molecular weight is 431 g/mol. The van der Waals surface area contributed by atoms with Gasteiger partial charge in [0.25, 0.3) is 0 Å². The summed E-state index contributed by atoms with van der Waals surface area (Å²) in [7, 11) is 0. The minimum absolute atomic E-state index is 0.0822. The van der Waals surface area contributed by atoms with Crippen LogP contribution in [0.15, 0.2) is 41.8 Å². The largest absolute Gasteiger partial charge is 0.370 e. The number of urea groups is 1. The maximum Gasteiger partial charge on any atom is 0.318 e. The molecule has 1 atom stereocenters. The molecule has 0 aliphatic carbocycles. The number of thiophene rings is 1. The minimum Gasteiger partial charge on any atom is -0.370 e. The normalized spacial score (nSPS) is 19.6. The Hall–Kier alpha value is -1.93. The van der Waals surface area contributed by atoms with Crippen LogP contribution in [0.3, 0.4) is 0 Å². The van der Waals surface area contributed by atoms with Crippen LogP contribution in [0.5, 0.6) is 0 Å². The summed E-state index contributed by atoms with van der Waals surface area (Å²) >= 11 is 1.78. The summed E-state index contributed by atoms with van der Waals surface area (Å²) in [5.74, 6) is 0. The third-order valence-electron chi connectivity index (χ3n) is 6.27. The molecule has 4 rings (SSSR count). The van der Waals surface area contributed by atoms with E-state index in [0.717, 1.165) is 59.0 Å². The van der Waals surface area contributed by atoms with E-state index in [-0.39, 0.29) is 6.03 Å². The van der Waals surface area contributed by atoms with Crippen LogP contribution < -0.4 is 15.1 Å². The number of ether oxygens (including phenoxy) is 1. The van der Waals surface area contributed by atoms with Crippen LogP contribution >= 0.6 is 11.3 Å². The number of morpholine rings is 1. The molecule has 2 aromatic rings. The fraction of sp³-hybridized carbons (Fsp3) is 0.522. The van der Waals surface area contributed by atoms with Crippen molar-refractivity contribution in [2.45, 2.75) is 19.5 Å². The van der Waals surface area contributed by atoms with Gasteiger partial charge >= 0.3 is 6.03 Å². The molecule has 0 spiro atoms. The molecule has 1 aromatic heterocycles. The number of hydrogen-bond donors (Lipinski definition) is 3. The number of piperazine rings is 1. The first-order chi connectivity index (χ1) is 14.7. The Labute approximate surface area is 183 Å². The van der Waals surface area contributed by atoms with Gasteiger partial charge in [-0.3, -0.25) is 0 Å². The van der Waals surface area contributed by atoms with E-state index in [4.69, 9.17) is 4.74 Å². The molecule has 0 saturated carbocycles. The van der Waals surface area contributed by atoms with Gasteiger partial charge in [0.05, 0.1) is 50.8 Å². The molecule has 30 heavy (non-hydrogen) atoms. The molecule has 1 aromatic carbocycles. The number of benzene rings is 1. The van der Waals surface area contributed by atoms with Crippen molar-refractivity contribution < 1.29 is 19.3 Å². The van der Waals surface area contributed by atoms with E-state index in [1.54, 1.807) is 16.2 Å². The summed E-state index contributed by atoms with van der Waals surface area (Å²) in [6.07, 6.45) is 0. The highest BCUT2D eigenvalue weighted by Gasteiger charge is 2.29. The fourth-order valence-electron chi connectivity index (χ4n) is 4.53. The maximum absolute atomic E-state index is 12.8. The lowest BCUT2D eigenvalue weighted by Gasteiger charge is -2.34. The molecule has 2 fully saturated rings. The Morgan fingerprint density at radius 1 is 1.17 bits per heavy atom. The second-order valence-corrected chi connectivity index (χ2v) is 9.41. The number of rotatable bonds is 6. The van der Waals surface area contributed by atoms with E-state index in [2.05, 4.69) is 54.0 Å². The molecule has 6 nitrogen and oxygen atoms in total. The van der Waals surface area contributed by atoms with E-state index < -0.39 is 0 Å². The number of nitrogens with zero attached hydrogens (tertiary/aromatic N) is 1. The first-order valence-corrected chi connectivity index (χ1v) is 11.9. The Bertz CT molecular complexity index is 799. The molecule has 2 amide bonds. The van der Waals surface area contributed by atoms with Gasteiger partial charge < -0.3 is 24.8 Å². The summed E-state index contributed by atoms with van der Waals surface area (Å²) in [4.78, 5) is 19.2. The number of carbonyl (C=O) groups excluding carboxylic acids is 1. The molecule has 162 valence electrons. The van der Waals surface area contributed by atoms with E-state index in [1.807, 2.05) is 4.90 Å². The second kappa shape index (κ2) is 10.4. The van der Waals surface area contributed by atoms with E-state index in [0.29, 0.717) is 12.6 Å². The van der Waals surface area contributed by atoms with Crippen LogP contribution in [0, 0.1) is 6.92 Å². The van der Waals surface area contributed by atoms with Gasteiger partial charge in [0, 0.05) is 5.56 Å². The maximum atomic E-state index is 12.8. The predicted octanol–water partition coefficient (Wildman–Crippen LogP) is 0.123. The van der Waals surface area contributed by atoms with Crippen molar-refractivity contribution in [3.8, 4) is 0 Å². The molecule has 2 aliphatic heterocycles. The molecule has 0 radical (unpaired) electrons. The van der Waals surface area contributed by atoms with Crippen molar-refractivity contribution in [3.63, 3.8) is 0 Å². The highest BCUT2D eigenvalue weighted by Crippen LogP contribution is 2.16. The van der Waals surface area contributed by atoms with Gasteiger partial charge in [-0.25, -0.2) is 4.79 Å². The summed E-state index contributed by atoms with van der Waals surface area (Å²) < 4.78 is 5.53. The molecule has 0 bridgehead atoms. The summed E-state index contributed by atoms with van der Waals surface area (Å²) in [5.41, 5.74) is 2.70.